The molecule has 0 bridgehead atoms. The van der Waals surface area contributed by atoms with Crippen molar-refractivity contribution in [2.45, 2.75) is 45.6 Å². The van der Waals surface area contributed by atoms with Crippen molar-refractivity contribution in [1.29, 1.82) is 0 Å². The van der Waals surface area contributed by atoms with E-state index in [0.717, 1.165) is 62.3 Å². The van der Waals surface area contributed by atoms with Gasteiger partial charge in [0.2, 0.25) is 0 Å². The maximum absolute atomic E-state index is 12.1. The van der Waals surface area contributed by atoms with E-state index in [-0.39, 0.29) is 6.09 Å². The first kappa shape index (κ1) is 21.0. The monoisotopic (exact) mass is 426 g/mol. The number of halogens is 1. The molecule has 2 heterocycles. The Morgan fingerprint density at radius 3 is 2.73 bits per heavy atom. The van der Waals surface area contributed by atoms with Crippen LogP contribution in [-0.2, 0) is 4.74 Å². The standard InChI is InChI=1S/C19H31BrN4O2/c1-19(2,3)26-18(25)24-11-6-15(7-12-24)14-21-8-4-9-22-16-5-10-23-17(20)13-16/h5,10,13,15,21H,4,6-9,11-12,14H2,1-3H3,(H,22,23). The Bertz CT molecular complexity index is 569. The SMILES string of the molecule is CC(C)(C)OC(=O)N1CCC(CNCCCNc2ccnc(Br)c2)CC1. The second-order valence-corrected chi connectivity index (χ2v) is 8.57. The smallest absolute Gasteiger partial charge is 0.410 e. The lowest BCUT2D eigenvalue weighted by molar-refractivity contribution is 0.0184. The average molecular weight is 427 g/mol. The molecule has 7 heteroatoms. The van der Waals surface area contributed by atoms with Gasteiger partial charge in [-0.3, -0.25) is 0 Å². The molecule has 1 aromatic rings. The molecule has 0 aliphatic carbocycles. The average Bonchev–Trinajstić information content (AvgIpc) is 2.57. The third-order valence-electron chi connectivity index (χ3n) is 4.29. The molecule has 1 saturated heterocycles. The Morgan fingerprint density at radius 2 is 2.08 bits per heavy atom. The van der Waals surface area contributed by atoms with Crippen LogP contribution in [0.2, 0.25) is 0 Å². The largest absolute Gasteiger partial charge is 0.444 e. The number of carbonyl (C=O) groups is 1. The molecule has 1 fully saturated rings. The number of hydrogen-bond donors (Lipinski definition) is 2. The zero-order valence-corrected chi connectivity index (χ0v) is 17.6. The molecule has 6 nitrogen and oxygen atoms in total. The first-order valence-electron chi connectivity index (χ1n) is 9.37. The first-order valence-corrected chi connectivity index (χ1v) is 10.2. The van der Waals surface area contributed by atoms with E-state index >= 15 is 0 Å². The van der Waals surface area contributed by atoms with Crippen LogP contribution in [0.5, 0.6) is 0 Å². The molecule has 26 heavy (non-hydrogen) atoms. The fourth-order valence-corrected chi connectivity index (χ4v) is 3.28. The van der Waals surface area contributed by atoms with Crippen molar-refractivity contribution in [3.05, 3.63) is 22.9 Å². The Labute approximate surface area is 165 Å². The van der Waals surface area contributed by atoms with Crippen molar-refractivity contribution in [3.8, 4) is 0 Å². The van der Waals surface area contributed by atoms with Crippen LogP contribution in [0, 0.1) is 5.92 Å². The summed E-state index contributed by atoms with van der Waals surface area (Å²) in [6.07, 6.45) is 4.74. The third-order valence-corrected chi connectivity index (χ3v) is 4.72. The first-order chi connectivity index (χ1) is 12.3. The van der Waals surface area contributed by atoms with E-state index in [0.29, 0.717) is 5.92 Å². The van der Waals surface area contributed by atoms with Crippen LogP contribution >= 0.6 is 15.9 Å². The summed E-state index contributed by atoms with van der Waals surface area (Å²) in [5.41, 5.74) is 0.664. The number of piperidine rings is 1. The molecule has 1 aliphatic rings. The van der Waals surface area contributed by atoms with Gasteiger partial charge in [-0.15, -0.1) is 0 Å². The minimum atomic E-state index is -0.421. The van der Waals surface area contributed by atoms with Gasteiger partial charge in [0.05, 0.1) is 0 Å². The van der Waals surface area contributed by atoms with Crippen molar-refractivity contribution in [2.24, 2.45) is 5.92 Å². The second kappa shape index (κ2) is 10.1. The molecule has 0 atom stereocenters. The van der Waals surface area contributed by atoms with E-state index in [4.69, 9.17) is 4.74 Å². The molecule has 0 spiro atoms. The number of carbonyl (C=O) groups excluding carboxylic acids is 1. The predicted molar refractivity (Wildman–Crippen MR) is 108 cm³/mol. The Balaban J connectivity index is 1.53. The molecular formula is C19H31BrN4O2. The van der Waals surface area contributed by atoms with Crippen LogP contribution in [0.15, 0.2) is 22.9 Å². The number of pyridine rings is 1. The maximum Gasteiger partial charge on any atom is 0.410 e. The summed E-state index contributed by atoms with van der Waals surface area (Å²) in [6.45, 7) is 10.2. The minimum absolute atomic E-state index is 0.183. The van der Waals surface area contributed by atoms with Gasteiger partial charge in [-0.2, -0.15) is 0 Å². The van der Waals surface area contributed by atoms with E-state index < -0.39 is 5.60 Å². The number of likely N-dealkylation sites (tertiary alicyclic amines) is 1. The second-order valence-electron chi connectivity index (χ2n) is 7.76. The summed E-state index contributed by atoms with van der Waals surface area (Å²) >= 11 is 3.37. The van der Waals surface area contributed by atoms with Crippen LogP contribution in [0.1, 0.15) is 40.0 Å². The van der Waals surface area contributed by atoms with Gasteiger partial charge in [-0.25, -0.2) is 9.78 Å². The number of hydrogen-bond acceptors (Lipinski definition) is 5. The normalized spacial score (nSPS) is 15.8. The highest BCUT2D eigenvalue weighted by atomic mass is 79.9. The fraction of sp³-hybridized carbons (Fsp3) is 0.684. The van der Waals surface area contributed by atoms with Crippen LogP contribution in [0.3, 0.4) is 0 Å². The summed E-state index contributed by atoms with van der Waals surface area (Å²) in [7, 11) is 0. The summed E-state index contributed by atoms with van der Waals surface area (Å²) in [6, 6.07) is 3.95. The van der Waals surface area contributed by atoms with Crippen molar-refractivity contribution >= 4 is 27.7 Å². The zero-order chi connectivity index (χ0) is 19.0. The number of nitrogens with zero attached hydrogens (tertiary/aromatic N) is 2. The molecule has 2 rings (SSSR count). The Hall–Kier alpha value is -1.34. The van der Waals surface area contributed by atoms with E-state index in [9.17, 15) is 4.79 Å². The number of ether oxygens (including phenoxy) is 1. The fourth-order valence-electron chi connectivity index (χ4n) is 2.91. The van der Waals surface area contributed by atoms with Crippen molar-refractivity contribution in [2.75, 3.05) is 38.0 Å². The summed E-state index contributed by atoms with van der Waals surface area (Å²) < 4.78 is 6.28. The van der Waals surface area contributed by atoms with Gasteiger partial charge in [0.15, 0.2) is 0 Å². The quantitative estimate of drug-likeness (QED) is 0.511. The third kappa shape index (κ3) is 7.91. The van der Waals surface area contributed by atoms with Gasteiger partial charge in [-0.1, -0.05) is 0 Å². The van der Waals surface area contributed by atoms with Crippen LogP contribution < -0.4 is 10.6 Å². The van der Waals surface area contributed by atoms with Gasteiger partial charge in [0, 0.05) is 31.5 Å². The summed E-state index contributed by atoms with van der Waals surface area (Å²) in [5, 5.41) is 6.93. The zero-order valence-electron chi connectivity index (χ0n) is 16.1. The highest BCUT2D eigenvalue weighted by Crippen LogP contribution is 2.19. The molecule has 0 saturated carbocycles. The number of amides is 1. The molecule has 0 unspecified atom stereocenters. The molecule has 1 amide bonds. The van der Waals surface area contributed by atoms with Crippen LogP contribution in [0.25, 0.3) is 0 Å². The Kier molecular flexibility index (Phi) is 8.15. The van der Waals surface area contributed by atoms with E-state index in [1.165, 1.54) is 0 Å². The Morgan fingerprint density at radius 1 is 1.35 bits per heavy atom. The highest BCUT2D eigenvalue weighted by Gasteiger charge is 2.26. The molecule has 1 aliphatic heterocycles. The summed E-state index contributed by atoms with van der Waals surface area (Å²) in [4.78, 5) is 18.0. The van der Waals surface area contributed by atoms with Crippen molar-refractivity contribution < 1.29 is 9.53 Å². The van der Waals surface area contributed by atoms with Crippen LogP contribution in [0.4, 0.5) is 10.5 Å². The van der Waals surface area contributed by atoms with Gasteiger partial charge in [0.25, 0.3) is 0 Å². The van der Waals surface area contributed by atoms with E-state index in [2.05, 4.69) is 31.5 Å². The van der Waals surface area contributed by atoms with Gasteiger partial charge >= 0.3 is 6.09 Å². The lowest BCUT2D eigenvalue weighted by Crippen LogP contribution is -2.43. The minimum Gasteiger partial charge on any atom is -0.444 e. The number of aromatic nitrogens is 1. The lowest BCUT2D eigenvalue weighted by Gasteiger charge is -2.33. The van der Waals surface area contributed by atoms with Gasteiger partial charge < -0.3 is 20.3 Å². The molecule has 2 N–H and O–H groups in total. The van der Waals surface area contributed by atoms with Crippen molar-refractivity contribution in [1.82, 2.24) is 15.2 Å². The topological polar surface area (TPSA) is 66.5 Å². The predicted octanol–water partition coefficient (Wildman–Crippen LogP) is 3.88. The van der Waals surface area contributed by atoms with Gasteiger partial charge in [-0.05, 0) is 87.1 Å². The lowest BCUT2D eigenvalue weighted by atomic mass is 9.97. The number of rotatable bonds is 7. The molecule has 146 valence electrons. The molecule has 0 radical (unpaired) electrons. The van der Waals surface area contributed by atoms with E-state index in [1.54, 1.807) is 6.20 Å². The highest BCUT2D eigenvalue weighted by molar-refractivity contribution is 9.10. The van der Waals surface area contributed by atoms with Gasteiger partial charge in [0.1, 0.15) is 10.2 Å². The summed E-state index contributed by atoms with van der Waals surface area (Å²) in [5.74, 6) is 0.637. The molecule has 1 aromatic heterocycles. The van der Waals surface area contributed by atoms with Crippen LogP contribution in [-0.4, -0.2) is 54.3 Å². The van der Waals surface area contributed by atoms with E-state index in [1.807, 2.05) is 37.8 Å². The molecular weight excluding hydrogens is 396 g/mol. The van der Waals surface area contributed by atoms with Crippen molar-refractivity contribution in [3.63, 3.8) is 0 Å². The molecule has 0 aromatic carbocycles. The number of anilines is 1. The maximum atomic E-state index is 12.1. The number of nitrogens with one attached hydrogen (secondary N) is 2.